The lowest BCUT2D eigenvalue weighted by Gasteiger charge is -2.16. The molecule has 0 unspecified atom stereocenters. The predicted molar refractivity (Wildman–Crippen MR) is 94.6 cm³/mol. The van der Waals surface area contributed by atoms with Crippen LogP contribution in [-0.2, 0) is 25.6 Å². The van der Waals surface area contributed by atoms with Gasteiger partial charge >= 0.3 is 6.18 Å². The minimum atomic E-state index is -4.43. The molecule has 0 bridgehead atoms. The van der Waals surface area contributed by atoms with Gasteiger partial charge in [-0.1, -0.05) is 12.1 Å². The number of alkyl halides is 3. The summed E-state index contributed by atoms with van der Waals surface area (Å²) in [5, 5.41) is 3.91. The first-order valence-electron chi connectivity index (χ1n) is 9.47. The Balaban J connectivity index is 1.62. The molecule has 0 atom stereocenters. The molecule has 1 amide bonds. The molecular formula is C20H22F3N3O. The third kappa shape index (κ3) is 3.59. The van der Waals surface area contributed by atoms with E-state index in [2.05, 4.69) is 5.10 Å². The van der Waals surface area contributed by atoms with Crippen molar-refractivity contribution in [3.05, 3.63) is 52.3 Å². The molecule has 1 fully saturated rings. The number of hydrogen-bond donors (Lipinski definition) is 0. The Labute approximate surface area is 156 Å². The van der Waals surface area contributed by atoms with Crippen molar-refractivity contribution >= 4 is 5.91 Å². The normalized spacial score (nSPS) is 17.2. The zero-order chi connectivity index (χ0) is 19.0. The molecule has 0 saturated carbocycles. The first kappa shape index (κ1) is 18.1. The van der Waals surface area contributed by atoms with Crippen molar-refractivity contribution in [1.82, 2.24) is 14.7 Å². The zero-order valence-electron chi connectivity index (χ0n) is 15.1. The van der Waals surface area contributed by atoms with E-state index in [4.69, 9.17) is 0 Å². The molecule has 0 radical (unpaired) electrons. The number of carbonyl (C=O) groups excluding carboxylic acids is 1. The van der Waals surface area contributed by atoms with E-state index < -0.39 is 11.9 Å². The summed E-state index contributed by atoms with van der Waals surface area (Å²) in [4.78, 5) is 14.4. The van der Waals surface area contributed by atoms with Crippen LogP contribution >= 0.6 is 0 Å². The Morgan fingerprint density at radius 3 is 2.56 bits per heavy atom. The van der Waals surface area contributed by atoms with E-state index in [-0.39, 0.29) is 12.5 Å². The van der Waals surface area contributed by atoms with Gasteiger partial charge < -0.3 is 4.90 Å². The van der Waals surface area contributed by atoms with Crippen LogP contribution in [0.1, 0.15) is 58.6 Å². The van der Waals surface area contributed by atoms with E-state index in [0.717, 1.165) is 44.3 Å². The number of halogens is 3. The third-order valence-corrected chi connectivity index (χ3v) is 5.42. The van der Waals surface area contributed by atoms with Gasteiger partial charge in [0.05, 0.1) is 6.54 Å². The average Bonchev–Trinajstić information content (AvgIpc) is 3.30. The largest absolute Gasteiger partial charge is 0.435 e. The monoisotopic (exact) mass is 377 g/mol. The minimum absolute atomic E-state index is 0.00664. The van der Waals surface area contributed by atoms with Gasteiger partial charge in [0.15, 0.2) is 5.69 Å². The number of nitrogens with zero attached hydrogens (tertiary/aromatic N) is 3. The van der Waals surface area contributed by atoms with E-state index in [1.165, 1.54) is 4.68 Å². The second kappa shape index (κ2) is 7.02. The second-order valence-electron chi connectivity index (χ2n) is 7.34. The van der Waals surface area contributed by atoms with Crippen LogP contribution in [0.3, 0.4) is 0 Å². The van der Waals surface area contributed by atoms with Crippen molar-refractivity contribution in [1.29, 1.82) is 0 Å². The van der Waals surface area contributed by atoms with Crippen molar-refractivity contribution in [3.8, 4) is 0 Å². The van der Waals surface area contributed by atoms with Crippen LogP contribution in [0.5, 0.6) is 0 Å². The van der Waals surface area contributed by atoms with Crippen LogP contribution in [0.4, 0.5) is 13.2 Å². The molecular weight excluding hydrogens is 355 g/mol. The van der Waals surface area contributed by atoms with E-state index in [1.807, 2.05) is 11.0 Å². The molecule has 1 saturated heterocycles. The highest BCUT2D eigenvalue weighted by Crippen LogP contribution is 2.36. The molecule has 144 valence electrons. The van der Waals surface area contributed by atoms with Crippen LogP contribution in [0.2, 0.25) is 0 Å². The van der Waals surface area contributed by atoms with Crippen molar-refractivity contribution in [2.24, 2.45) is 0 Å². The molecule has 1 aliphatic heterocycles. The quantitative estimate of drug-likeness (QED) is 0.809. The van der Waals surface area contributed by atoms with E-state index in [0.29, 0.717) is 29.7 Å². The van der Waals surface area contributed by atoms with Crippen LogP contribution in [0.15, 0.2) is 24.3 Å². The molecule has 7 heteroatoms. The summed E-state index contributed by atoms with van der Waals surface area (Å²) in [6, 6.07) is 7.18. The maximum atomic E-state index is 13.3. The Hall–Kier alpha value is -2.31. The number of hydrogen-bond acceptors (Lipinski definition) is 2. The Morgan fingerprint density at radius 2 is 1.81 bits per heavy atom. The van der Waals surface area contributed by atoms with Gasteiger partial charge in [0.1, 0.15) is 0 Å². The van der Waals surface area contributed by atoms with Crippen molar-refractivity contribution < 1.29 is 18.0 Å². The highest BCUT2D eigenvalue weighted by atomic mass is 19.4. The number of carbonyl (C=O) groups is 1. The fourth-order valence-electron chi connectivity index (χ4n) is 4.11. The molecule has 1 aromatic heterocycles. The topological polar surface area (TPSA) is 38.1 Å². The number of rotatable bonds is 3. The van der Waals surface area contributed by atoms with Gasteiger partial charge in [0, 0.05) is 29.9 Å². The molecule has 4 nitrogen and oxygen atoms in total. The van der Waals surface area contributed by atoms with E-state index in [9.17, 15) is 18.0 Å². The van der Waals surface area contributed by atoms with Crippen molar-refractivity contribution in [3.63, 3.8) is 0 Å². The molecule has 2 heterocycles. The number of benzene rings is 1. The van der Waals surface area contributed by atoms with Crippen LogP contribution in [-0.4, -0.2) is 33.7 Å². The number of likely N-dealkylation sites (tertiary alicyclic amines) is 1. The fraction of sp³-hybridized carbons (Fsp3) is 0.500. The van der Waals surface area contributed by atoms with Gasteiger partial charge in [-0.2, -0.15) is 18.3 Å². The molecule has 0 spiro atoms. The van der Waals surface area contributed by atoms with Crippen molar-refractivity contribution in [2.75, 3.05) is 13.1 Å². The first-order valence-corrected chi connectivity index (χ1v) is 9.47. The Kier molecular flexibility index (Phi) is 4.70. The van der Waals surface area contributed by atoms with Crippen LogP contribution in [0.25, 0.3) is 0 Å². The van der Waals surface area contributed by atoms with Gasteiger partial charge in [-0.3, -0.25) is 9.48 Å². The molecule has 1 aromatic carbocycles. The van der Waals surface area contributed by atoms with Crippen LogP contribution < -0.4 is 0 Å². The lowest BCUT2D eigenvalue weighted by atomic mass is 9.95. The summed E-state index contributed by atoms with van der Waals surface area (Å²) < 4.78 is 41.5. The van der Waals surface area contributed by atoms with Crippen LogP contribution in [0, 0.1) is 0 Å². The van der Waals surface area contributed by atoms with Gasteiger partial charge in [-0.25, -0.2) is 0 Å². The van der Waals surface area contributed by atoms with Gasteiger partial charge in [-0.05, 0) is 56.2 Å². The average molecular weight is 377 g/mol. The smallest absolute Gasteiger partial charge is 0.339 e. The molecule has 4 rings (SSSR count). The summed E-state index contributed by atoms with van der Waals surface area (Å²) in [5.74, 6) is -0.00664. The standard InChI is InChI=1S/C20H22F3N3O/c21-20(22,23)18-16-8-1-2-9-17(16)26(24-18)13-14-6-5-7-15(12-14)19(27)25-10-3-4-11-25/h5-7,12H,1-4,8-11,13H2. The summed E-state index contributed by atoms with van der Waals surface area (Å²) in [6.45, 7) is 1.79. The van der Waals surface area contributed by atoms with Crippen molar-refractivity contribution in [2.45, 2.75) is 51.2 Å². The molecule has 2 aromatic rings. The third-order valence-electron chi connectivity index (χ3n) is 5.42. The van der Waals surface area contributed by atoms with Gasteiger partial charge in [0.25, 0.3) is 5.91 Å². The van der Waals surface area contributed by atoms with E-state index >= 15 is 0 Å². The molecule has 1 aliphatic carbocycles. The lowest BCUT2D eigenvalue weighted by molar-refractivity contribution is -0.142. The fourth-order valence-corrected chi connectivity index (χ4v) is 4.11. The molecule has 27 heavy (non-hydrogen) atoms. The highest BCUT2D eigenvalue weighted by Gasteiger charge is 2.39. The Bertz CT molecular complexity index is 851. The van der Waals surface area contributed by atoms with Gasteiger partial charge in [0.2, 0.25) is 0 Å². The van der Waals surface area contributed by atoms with Gasteiger partial charge in [-0.15, -0.1) is 0 Å². The minimum Gasteiger partial charge on any atom is -0.339 e. The lowest BCUT2D eigenvalue weighted by Crippen LogP contribution is -2.27. The molecule has 0 N–H and O–H groups in total. The summed E-state index contributed by atoms with van der Waals surface area (Å²) in [6.07, 6.45) is 0.296. The maximum Gasteiger partial charge on any atom is 0.435 e. The SMILES string of the molecule is O=C(c1cccc(Cn2nc(C(F)(F)F)c3c2CCCC3)c1)N1CCCC1. The number of amides is 1. The summed E-state index contributed by atoms with van der Waals surface area (Å²) >= 11 is 0. The second-order valence-corrected chi connectivity index (χ2v) is 7.34. The number of aromatic nitrogens is 2. The predicted octanol–water partition coefficient (Wildman–Crippen LogP) is 4.07. The number of fused-ring (bicyclic) bond motifs is 1. The summed E-state index contributed by atoms with van der Waals surface area (Å²) in [7, 11) is 0. The molecule has 2 aliphatic rings. The summed E-state index contributed by atoms with van der Waals surface area (Å²) in [5.41, 5.74) is 1.67. The van der Waals surface area contributed by atoms with E-state index in [1.54, 1.807) is 18.2 Å². The zero-order valence-corrected chi connectivity index (χ0v) is 15.1. The maximum absolute atomic E-state index is 13.3. The Morgan fingerprint density at radius 1 is 1.07 bits per heavy atom. The first-order chi connectivity index (χ1) is 12.9. The highest BCUT2D eigenvalue weighted by molar-refractivity contribution is 5.94.